The van der Waals surface area contributed by atoms with Crippen LogP contribution in [0.25, 0.3) is 10.4 Å². The number of thiazole rings is 1. The van der Waals surface area contributed by atoms with Crippen LogP contribution in [0.1, 0.15) is 91.3 Å². The first kappa shape index (κ1) is 25.2. The Morgan fingerprint density at radius 1 is 1.14 bits per heavy atom. The Bertz CT molecular complexity index is 1140. The van der Waals surface area contributed by atoms with Gasteiger partial charge in [-0.3, -0.25) is 9.59 Å². The zero-order valence-electron chi connectivity index (χ0n) is 20.3. The molecule has 0 atom stereocenters. The second-order valence-electron chi connectivity index (χ2n) is 11.0. The minimum atomic E-state index is -4.46. The van der Waals surface area contributed by atoms with Crippen molar-refractivity contribution < 1.29 is 27.9 Å². The minimum Gasteiger partial charge on any atom is -0.481 e. The number of halogens is 3. The lowest BCUT2D eigenvalue weighted by Crippen LogP contribution is -2.46. The van der Waals surface area contributed by atoms with Gasteiger partial charge in [-0.05, 0) is 72.8 Å². The smallest absolute Gasteiger partial charge is 0.416 e. The molecule has 1 heterocycles. The number of aromatic nitrogens is 1. The molecule has 3 aliphatic rings. The molecule has 1 aromatic carbocycles. The third-order valence-corrected chi connectivity index (χ3v) is 9.29. The summed E-state index contributed by atoms with van der Waals surface area (Å²) in [5, 5.41) is 12.2. The van der Waals surface area contributed by atoms with Gasteiger partial charge in [0.25, 0.3) is 5.91 Å². The summed E-state index contributed by atoms with van der Waals surface area (Å²) < 4.78 is 41.5. The van der Waals surface area contributed by atoms with Gasteiger partial charge in [0.2, 0.25) is 0 Å². The molecule has 2 N–H and O–H groups in total. The summed E-state index contributed by atoms with van der Waals surface area (Å²) in [6.07, 6.45) is 4.24. The quantitative estimate of drug-likeness (QED) is 0.431. The number of aliphatic carboxylic acids is 1. The van der Waals surface area contributed by atoms with E-state index in [0.717, 1.165) is 49.9 Å². The molecule has 3 fully saturated rings. The summed E-state index contributed by atoms with van der Waals surface area (Å²) in [6, 6.07) is 4.09. The molecule has 9 heteroatoms. The highest BCUT2D eigenvalue weighted by atomic mass is 32.1. The third kappa shape index (κ3) is 5.31. The number of amides is 1. The number of alkyl halides is 3. The van der Waals surface area contributed by atoms with Crippen molar-refractivity contribution in [2.24, 2.45) is 11.8 Å². The van der Waals surface area contributed by atoms with Crippen molar-refractivity contribution >= 4 is 23.2 Å². The second kappa shape index (κ2) is 9.47. The lowest BCUT2D eigenvalue weighted by atomic mass is 9.80. The number of carboxylic acid groups (broad SMARTS) is 1. The lowest BCUT2D eigenvalue weighted by Gasteiger charge is -2.32. The molecular formula is C27H31F3N2O3S. The zero-order chi connectivity index (χ0) is 25.7. The zero-order valence-corrected chi connectivity index (χ0v) is 21.1. The Hall–Kier alpha value is -2.42. The van der Waals surface area contributed by atoms with E-state index < -0.39 is 23.6 Å². The number of nitrogens with one attached hydrogen (secondary N) is 1. The Morgan fingerprint density at radius 2 is 1.83 bits per heavy atom. The number of hydrogen-bond acceptors (Lipinski definition) is 4. The van der Waals surface area contributed by atoms with Gasteiger partial charge >= 0.3 is 12.1 Å². The summed E-state index contributed by atoms with van der Waals surface area (Å²) >= 11 is 1.15. The van der Waals surface area contributed by atoms with Crippen molar-refractivity contribution in [1.82, 2.24) is 10.3 Å². The van der Waals surface area contributed by atoms with Crippen LogP contribution < -0.4 is 5.32 Å². The third-order valence-electron chi connectivity index (χ3n) is 8.14. The van der Waals surface area contributed by atoms with Crippen molar-refractivity contribution in [2.75, 3.05) is 0 Å². The van der Waals surface area contributed by atoms with Crippen LogP contribution in [0.15, 0.2) is 18.2 Å². The molecular weight excluding hydrogens is 489 g/mol. The topological polar surface area (TPSA) is 79.3 Å². The second-order valence-corrected chi connectivity index (χ2v) is 12.0. The monoisotopic (exact) mass is 520 g/mol. The molecule has 0 aliphatic heterocycles. The van der Waals surface area contributed by atoms with Crippen LogP contribution in [-0.4, -0.2) is 28.0 Å². The van der Waals surface area contributed by atoms with Gasteiger partial charge in [-0.1, -0.05) is 39.0 Å². The Kier molecular flexibility index (Phi) is 6.64. The van der Waals surface area contributed by atoms with Crippen LogP contribution in [0.5, 0.6) is 0 Å². The van der Waals surface area contributed by atoms with Crippen LogP contribution in [-0.2, 0) is 22.8 Å². The highest BCUT2D eigenvalue weighted by molar-refractivity contribution is 7.17. The molecule has 5 nitrogen and oxygen atoms in total. The molecule has 0 bridgehead atoms. The minimum absolute atomic E-state index is 0.220. The van der Waals surface area contributed by atoms with Gasteiger partial charge in [0, 0.05) is 6.04 Å². The molecule has 3 aliphatic carbocycles. The van der Waals surface area contributed by atoms with Crippen LogP contribution in [0.3, 0.4) is 0 Å². The highest BCUT2D eigenvalue weighted by Crippen LogP contribution is 2.50. The number of carbonyl (C=O) groups excluding carboxylic acids is 1. The first-order chi connectivity index (χ1) is 17.0. The Balaban J connectivity index is 1.48. The van der Waals surface area contributed by atoms with Gasteiger partial charge < -0.3 is 10.4 Å². The number of rotatable bonds is 7. The first-order valence-corrected chi connectivity index (χ1v) is 13.6. The van der Waals surface area contributed by atoms with Crippen molar-refractivity contribution in [2.45, 2.75) is 88.8 Å². The van der Waals surface area contributed by atoms with E-state index in [1.165, 1.54) is 18.6 Å². The molecule has 0 saturated heterocycles. The highest BCUT2D eigenvalue weighted by Gasteiger charge is 2.42. The number of nitrogens with zero attached hydrogens (tertiary/aromatic N) is 1. The number of hydrogen-bond donors (Lipinski definition) is 2. The lowest BCUT2D eigenvalue weighted by molar-refractivity contribution is -0.145. The van der Waals surface area contributed by atoms with E-state index >= 15 is 0 Å². The normalized spacial score (nSPS) is 23.7. The number of carbonyl (C=O) groups is 2. The van der Waals surface area contributed by atoms with Crippen molar-refractivity contribution in [3.63, 3.8) is 0 Å². The summed E-state index contributed by atoms with van der Waals surface area (Å²) in [4.78, 5) is 29.4. The molecule has 1 amide bonds. The fraction of sp³-hybridized carbons (Fsp3) is 0.593. The largest absolute Gasteiger partial charge is 0.481 e. The van der Waals surface area contributed by atoms with E-state index in [9.17, 15) is 22.8 Å². The molecule has 0 radical (unpaired) electrons. The van der Waals surface area contributed by atoms with E-state index in [1.807, 2.05) is 13.0 Å². The van der Waals surface area contributed by atoms with Crippen molar-refractivity contribution in [3.8, 4) is 10.4 Å². The van der Waals surface area contributed by atoms with Gasteiger partial charge in [0.15, 0.2) is 5.01 Å². The molecule has 0 spiro atoms. The average molecular weight is 521 g/mol. The van der Waals surface area contributed by atoms with Crippen LogP contribution in [0.2, 0.25) is 0 Å². The predicted octanol–water partition coefficient (Wildman–Crippen LogP) is 6.60. The van der Waals surface area contributed by atoms with E-state index in [4.69, 9.17) is 5.11 Å². The average Bonchev–Trinajstić information content (AvgIpc) is 3.42. The molecule has 36 heavy (non-hydrogen) atoms. The van der Waals surface area contributed by atoms with Gasteiger partial charge in [0.1, 0.15) is 0 Å². The van der Waals surface area contributed by atoms with Crippen molar-refractivity contribution in [3.05, 3.63) is 40.0 Å². The molecule has 0 unspecified atom stereocenters. The Morgan fingerprint density at radius 3 is 2.44 bits per heavy atom. The van der Waals surface area contributed by atoms with E-state index in [-0.39, 0.29) is 22.4 Å². The SMILES string of the molecule is CC1(c2cc(-c3sc(C(=O)N[C@H]4C[C@H](C(=O)O)C4)nc3CC3CCCCC3)cc(C(F)(F)F)c2)CC1. The fourth-order valence-corrected chi connectivity index (χ4v) is 6.39. The van der Waals surface area contributed by atoms with E-state index in [0.29, 0.717) is 46.9 Å². The van der Waals surface area contributed by atoms with E-state index in [1.54, 1.807) is 0 Å². The molecule has 194 valence electrons. The standard InChI is InChI=1S/C27H31F3N2O3S/c1-26(7-8-26)18-10-16(11-19(14-18)27(28,29)30)22-21(9-15-5-3-2-4-6-15)32-24(36-22)23(33)31-20-12-17(13-20)25(34)35/h10-11,14-15,17,20H,2-9,12-13H2,1H3,(H,31,33)(H,34,35)/t17-,20-. The van der Waals surface area contributed by atoms with Gasteiger partial charge in [-0.2, -0.15) is 13.2 Å². The molecule has 5 rings (SSSR count). The van der Waals surface area contributed by atoms with Gasteiger partial charge in [-0.25, -0.2) is 4.98 Å². The summed E-state index contributed by atoms with van der Waals surface area (Å²) in [6.45, 7) is 1.99. The van der Waals surface area contributed by atoms with Crippen LogP contribution >= 0.6 is 11.3 Å². The maximum atomic E-state index is 13.8. The summed E-state index contributed by atoms with van der Waals surface area (Å²) in [5.74, 6) is -1.29. The van der Waals surface area contributed by atoms with Gasteiger partial charge in [-0.15, -0.1) is 11.3 Å². The van der Waals surface area contributed by atoms with Gasteiger partial charge in [0.05, 0.1) is 22.1 Å². The van der Waals surface area contributed by atoms with Crippen LogP contribution in [0, 0.1) is 11.8 Å². The first-order valence-electron chi connectivity index (χ1n) is 12.8. The fourth-order valence-electron chi connectivity index (χ4n) is 5.41. The Labute approximate surface area is 212 Å². The molecule has 3 saturated carbocycles. The number of benzene rings is 1. The summed E-state index contributed by atoms with van der Waals surface area (Å²) in [5.41, 5.74) is 0.949. The predicted molar refractivity (Wildman–Crippen MR) is 131 cm³/mol. The van der Waals surface area contributed by atoms with Crippen LogP contribution in [0.4, 0.5) is 13.2 Å². The maximum Gasteiger partial charge on any atom is 0.416 e. The van der Waals surface area contributed by atoms with Crippen molar-refractivity contribution in [1.29, 1.82) is 0 Å². The van der Waals surface area contributed by atoms with E-state index in [2.05, 4.69) is 10.3 Å². The maximum absolute atomic E-state index is 13.8. The molecule has 2 aromatic rings. The number of carboxylic acids is 1. The molecule has 1 aromatic heterocycles. The summed E-state index contributed by atoms with van der Waals surface area (Å²) in [7, 11) is 0.